The molecule has 1 amide bonds. The molecule has 0 bridgehead atoms. The molecule has 0 radical (unpaired) electrons. The maximum atomic E-state index is 12.8. The summed E-state index contributed by atoms with van der Waals surface area (Å²) < 4.78 is 0. The molecule has 0 aromatic heterocycles. The fraction of sp³-hybridized carbons (Fsp3) is 0.350. The molecule has 0 N–H and O–H groups in total. The molecule has 22 heavy (non-hydrogen) atoms. The first-order valence-electron chi connectivity index (χ1n) is 8.14. The first-order chi connectivity index (χ1) is 10.7. The van der Waals surface area contributed by atoms with E-state index < -0.39 is 0 Å². The largest absolute Gasteiger partial charge is 0.312 e. The van der Waals surface area contributed by atoms with Crippen molar-refractivity contribution < 1.29 is 4.79 Å². The highest BCUT2D eigenvalue weighted by atomic mass is 16.2. The Morgan fingerprint density at radius 1 is 1.14 bits per heavy atom. The van der Waals surface area contributed by atoms with E-state index in [-0.39, 0.29) is 5.91 Å². The monoisotopic (exact) mass is 293 g/mol. The molecule has 0 saturated heterocycles. The SMILES string of the molecule is CCN(C(=O)CC1CCc2ccccc21)c1ccccc1C. The molecular weight excluding hydrogens is 270 g/mol. The van der Waals surface area contributed by atoms with E-state index in [0.29, 0.717) is 12.3 Å². The van der Waals surface area contributed by atoms with E-state index in [4.69, 9.17) is 0 Å². The fourth-order valence-electron chi connectivity index (χ4n) is 3.53. The van der Waals surface area contributed by atoms with E-state index in [9.17, 15) is 4.79 Å². The maximum absolute atomic E-state index is 12.8. The minimum absolute atomic E-state index is 0.235. The molecule has 0 aliphatic heterocycles. The van der Waals surface area contributed by atoms with Crippen LogP contribution in [-0.4, -0.2) is 12.5 Å². The molecule has 0 heterocycles. The molecule has 2 heteroatoms. The number of anilines is 1. The normalized spacial score (nSPS) is 16.4. The summed E-state index contributed by atoms with van der Waals surface area (Å²) in [7, 11) is 0. The van der Waals surface area contributed by atoms with Crippen molar-refractivity contribution in [2.45, 2.75) is 39.0 Å². The van der Waals surface area contributed by atoms with Gasteiger partial charge < -0.3 is 4.90 Å². The highest BCUT2D eigenvalue weighted by molar-refractivity contribution is 5.94. The molecule has 2 aromatic carbocycles. The van der Waals surface area contributed by atoms with E-state index >= 15 is 0 Å². The Morgan fingerprint density at radius 3 is 2.64 bits per heavy atom. The van der Waals surface area contributed by atoms with E-state index in [1.807, 2.05) is 30.0 Å². The molecule has 1 atom stereocenters. The molecule has 0 saturated carbocycles. The zero-order valence-electron chi connectivity index (χ0n) is 13.4. The zero-order chi connectivity index (χ0) is 15.5. The number of hydrogen-bond acceptors (Lipinski definition) is 1. The first-order valence-corrected chi connectivity index (χ1v) is 8.14. The van der Waals surface area contributed by atoms with Crippen LogP contribution in [0.2, 0.25) is 0 Å². The predicted molar refractivity (Wildman–Crippen MR) is 91.3 cm³/mol. The van der Waals surface area contributed by atoms with E-state index in [1.165, 1.54) is 11.1 Å². The second-order valence-electron chi connectivity index (χ2n) is 6.06. The third-order valence-corrected chi connectivity index (χ3v) is 4.70. The van der Waals surface area contributed by atoms with Gasteiger partial charge in [-0.3, -0.25) is 4.79 Å². The summed E-state index contributed by atoms with van der Waals surface area (Å²) in [5.74, 6) is 0.611. The highest BCUT2D eigenvalue weighted by Crippen LogP contribution is 2.36. The molecule has 1 aliphatic rings. The van der Waals surface area contributed by atoms with Crippen molar-refractivity contribution in [1.29, 1.82) is 0 Å². The topological polar surface area (TPSA) is 20.3 Å². The second kappa shape index (κ2) is 6.35. The number of benzene rings is 2. The predicted octanol–water partition coefficient (Wildman–Crippen LogP) is 4.47. The van der Waals surface area contributed by atoms with Gasteiger partial charge >= 0.3 is 0 Å². The van der Waals surface area contributed by atoms with Gasteiger partial charge in [-0.25, -0.2) is 0 Å². The van der Waals surface area contributed by atoms with Crippen molar-refractivity contribution >= 4 is 11.6 Å². The summed E-state index contributed by atoms with van der Waals surface area (Å²) in [4.78, 5) is 14.7. The summed E-state index contributed by atoms with van der Waals surface area (Å²) >= 11 is 0. The van der Waals surface area contributed by atoms with Crippen LogP contribution in [0.1, 0.15) is 42.4 Å². The van der Waals surface area contributed by atoms with Gasteiger partial charge in [0.1, 0.15) is 0 Å². The number of rotatable bonds is 4. The molecule has 114 valence electrons. The van der Waals surface area contributed by atoms with Gasteiger partial charge in [0.15, 0.2) is 0 Å². The maximum Gasteiger partial charge on any atom is 0.227 e. The van der Waals surface area contributed by atoms with Crippen molar-refractivity contribution in [3.05, 3.63) is 65.2 Å². The average Bonchev–Trinajstić information content (AvgIpc) is 2.93. The highest BCUT2D eigenvalue weighted by Gasteiger charge is 2.26. The van der Waals surface area contributed by atoms with Gasteiger partial charge in [0.2, 0.25) is 5.91 Å². The number of aryl methyl sites for hydroxylation is 2. The molecule has 3 rings (SSSR count). The lowest BCUT2D eigenvalue weighted by Gasteiger charge is -2.24. The zero-order valence-corrected chi connectivity index (χ0v) is 13.4. The third kappa shape index (κ3) is 2.78. The van der Waals surface area contributed by atoms with Crippen molar-refractivity contribution in [2.75, 3.05) is 11.4 Å². The van der Waals surface area contributed by atoms with Gasteiger partial charge in [0, 0.05) is 18.7 Å². The standard InChI is InChI=1S/C20H23NO/c1-3-21(19-11-7-4-8-15(19)2)20(22)14-17-13-12-16-9-5-6-10-18(16)17/h4-11,17H,3,12-14H2,1-2H3. The molecular formula is C20H23NO. The lowest BCUT2D eigenvalue weighted by atomic mass is 9.97. The Balaban J connectivity index is 1.78. The number of fused-ring (bicyclic) bond motifs is 1. The van der Waals surface area contributed by atoms with Crippen molar-refractivity contribution in [2.24, 2.45) is 0 Å². The summed E-state index contributed by atoms with van der Waals surface area (Å²) in [6, 6.07) is 16.7. The van der Waals surface area contributed by atoms with Gasteiger partial charge in [0.05, 0.1) is 0 Å². The number of nitrogens with zero attached hydrogens (tertiary/aromatic N) is 1. The Hall–Kier alpha value is -2.09. The molecule has 0 spiro atoms. The summed E-state index contributed by atoms with van der Waals surface area (Å²) in [6.07, 6.45) is 2.81. The van der Waals surface area contributed by atoms with Crippen molar-refractivity contribution in [1.82, 2.24) is 0 Å². The van der Waals surface area contributed by atoms with Crippen molar-refractivity contribution in [3.8, 4) is 0 Å². The average molecular weight is 293 g/mol. The lowest BCUT2D eigenvalue weighted by molar-refractivity contribution is -0.118. The molecule has 2 aromatic rings. The Labute approximate surface area is 132 Å². The molecule has 1 unspecified atom stereocenters. The van der Waals surface area contributed by atoms with Gasteiger partial charge in [0.25, 0.3) is 0 Å². The van der Waals surface area contributed by atoms with E-state index in [0.717, 1.165) is 30.6 Å². The van der Waals surface area contributed by atoms with Crippen LogP contribution in [0, 0.1) is 6.92 Å². The molecule has 0 fully saturated rings. The number of hydrogen-bond donors (Lipinski definition) is 0. The summed E-state index contributed by atoms with van der Waals surface area (Å²) in [6.45, 7) is 4.83. The summed E-state index contributed by atoms with van der Waals surface area (Å²) in [5, 5.41) is 0. The van der Waals surface area contributed by atoms with Crippen LogP contribution < -0.4 is 4.90 Å². The number of carbonyl (C=O) groups is 1. The fourth-order valence-corrected chi connectivity index (χ4v) is 3.53. The van der Waals surface area contributed by atoms with Crippen LogP contribution in [0.4, 0.5) is 5.69 Å². The van der Waals surface area contributed by atoms with Crippen LogP contribution in [-0.2, 0) is 11.2 Å². The van der Waals surface area contributed by atoms with Crippen molar-refractivity contribution in [3.63, 3.8) is 0 Å². The van der Waals surface area contributed by atoms with Crippen LogP contribution in [0.5, 0.6) is 0 Å². The Morgan fingerprint density at radius 2 is 1.86 bits per heavy atom. The van der Waals surface area contributed by atoms with Gasteiger partial charge in [-0.05, 0) is 55.4 Å². The number of amides is 1. The van der Waals surface area contributed by atoms with Gasteiger partial charge in [-0.2, -0.15) is 0 Å². The molecule has 1 aliphatic carbocycles. The van der Waals surface area contributed by atoms with Crippen LogP contribution in [0.3, 0.4) is 0 Å². The van der Waals surface area contributed by atoms with E-state index in [1.54, 1.807) is 0 Å². The molecule has 2 nitrogen and oxygen atoms in total. The van der Waals surface area contributed by atoms with Gasteiger partial charge in [-0.15, -0.1) is 0 Å². The minimum atomic E-state index is 0.235. The second-order valence-corrected chi connectivity index (χ2v) is 6.06. The summed E-state index contributed by atoms with van der Waals surface area (Å²) in [5.41, 5.74) is 4.99. The third-order valence-electron chi connectivity index (χ3n) is 4.70. The van der Waals surface area contributed by atoms with Crippen LogP contribution in [0.15, 0.2) is 48.5 Å². The Kier molecular flexibility index (Phi) is 4.28. The number of carbonyl (C=O) groups excluding carboxylic acids is 1. The van der Waals surface area contributed by atoms with Crippen LogP contribution >= 0.6 is 0 Å². The Bertz CT molecular complexity index is 677. The van der Waals surface area contributed by atoms with E-state index in [2.05, 4.69) is 37.3 Å². The first kappa shape index (κ1) is 14.8. The van der Waals surface area contributed by atoms with Gasteiger partial charge in [-0.1, -0.05) is 42.5 Å². The quantitative estimate of drug-likeness (QED) is 0.814. The minimum Gasteiger partial charge on any atom is -0.312 e. The lowest BCUT2D eigenvalue weighted by Crippen LogP contribution is -2.32. The van der Waals surface area contributed by atoms with Crippen LogP contribution in [0.25, 0.3) is 0 Å². The smallest absolute Gasteiger partial charge is 0.227 e. The number of para-hydroxylation sites is 1.